The van der Waals surface area contributed by atoms with Gasteiger partial charge in [-0.15, -0.1) is 0 Å². The Morgan fingerprint density at radius 3 is 2.55 bits per heavy atom. The Balaban J connectivity index is 1.94. The van der Waals surface area contributed by atoms with Crippen LogP contribution in [0.1, 0.15) is 31.7 Å². The van der Waals surface area contributed by atoms with Gasteiger partial charge >= 0.3 is 0 Å². The van der Waals surface area contributed by atoms with Crippen LogP contribution in [0.4, 0.5) is 8.78 Å². The molecule has 2 aromatic rings. The van der Waals surface area contributed by atoms with Crippen molar-refractivity contribution in [3.8, 4) is 11.1 Å². The molecule has 1 atom stereocenters. The number of aliphatic hydroxyl groups excluding tert-OH is 1. The molecule has 1 unspecified atom stereocenters. The van der Waals surface area contributed by atoms with Crippen LogP contribution in [0.25, 0.3) is 11.1 Å². The monoisotopic (exact) mass is 403 g/mol. The van der Waals surface area contributed by atoms with E-state index >= 15 is 0 Å². The average Bonchev–Trinajstić information content (AvgIpc) is 2.75. The summed E-state index contributed by atoms with van der Waals surface area (Å²) in [5.41, 5.74) is 1.57. The lowest BCUT2D eigenvalue weighted by molar-refractivity contribution is -0.137. The number of hydrogen-bond donors (Lipinski definition) is 2. The minimum Gasteiger partial charge on any atom is -0.394 e. The lowest BCUT2D eigenvalue weighted by Crippen LogP contribution is -2.50. The van der Waals surface area contributed by atoms with E-state index in [1.807, 2.05) is 31.2 Å². The minimum atomic E-state index is -0.899. The number of amides is 1. The zero-order valence-electron chi connectivity index (χ0n) is 16.6. The molecule has 4 nitrogen and oxygen atoms in total. The van der Waals surface area contributed by atoms with Crippen molar-refractivity contribution < 1.29 is 23.4 Å². The molecule has 0 radical (unpaired) electrons. The molecule has 3 rings (SSSR count). The number of ether oxygens (including phenoxy) is 1. The maximum absolute atomic E-state index is 13.8. The van der Waals surface area contributed by atoms with Gasteiger partial charge in [-0.05, 0) is 54.5 Å². The van der Waals surface area contributed by atoms with Crippen LogP contribution in [0, 0.1) is 17.0 Å². The number of aliphatic hydroxyl groups is 1. The van der Waals surface area contributed by atoms with Crippen molar-refractivity contribution in [1.82, 2.24) is 5.32 Å². The average molecular weight is 403 g/mol. The van der Waals surface area contributed by atoms with E-state index in [0.29, 0.717) is 44.5 Å². The topological polar surface area (TPSA) is 58.6 Å². The first kappa shape index (κ1) is 21.4. The molecule has 1 heterocycles. The summed E-state index contributed by atoms with van der Waals surface area (Å²) < 4.78 is 32.7. The highest BCUT2D eigenvalue weighted by atomic mass is 19.2. The van der Waals surface area contributed by atoms with Gasteiger partial charge in [0.2, 0.25) is 5.91 Å². The zero-order chi connectivity index (χ0) is 20.9. The van der Waals surface area contributed by atoms with Crippen molar-refractivity contribution in [2.45, 2.75) is 38.6 Å². The standard InChI is InChI=1S/C23H27F2NO3/c1-2-18(15-27)26-22(28)23(9-11-29-12-10-23)14-17-5-3-4-6-19(17)16-7-8-20(24)21(25)13-16/h3-8,13,18,27H,2,9-12,14-15H2,1H3,(H,26,28). The lowest BCUT2D eigenvalue weighted by Gasteiger charge is -2.37. The van der Waals surface area contributed by atoms with E-state index in [9.17, 15) is 18.7 Å². The number of carbonyl (C=O) groups excluding carboxylic acids is 1. The fourth-order valence-corrected chi connectivity index (χ4v) is 3.85. The third-order valence-corrected chi connectivity index (χ3v) is 5.76. The Morgan fingerprint density at radius 1 is 1.17 bits per heavy atom. The first-order chi connectivity index (χ1) is 14.0. The maximum Gasteiger partial charge on any atom is 0.227 e. The van der Waals surface area contributed by atoms with Gasteiger partial charge < -0.3 is 15.2 Å². The summed E-state index contributed by atoms with van der Waals surface area (Å²) >= 11 is 0. The van der Waals surface area contributed by atoms with Gasteiger partial charge in [0.1, 0.15) is 0 Å². The van der Waals surface area contributed by atoms with Crippen molar-refractivity contribution in [3.63, 3.8) is 0 Å². The van der Waals surface area contributed by atoms with E-state index in [-0.39, 0.29) is 18.6 Å². The summed E-state index contributed by atoms with van der Waals surface area (Å²) in [5, 5.41) is 12.5. The molecular formula is C23H27F2NO3. The van der Waals surface area contributed by atoms with Gasteiger partial charge in [-0.25, -0.2) is 8.78 Å². The molecule has 0 spiro atoms. The number of carbonyl (C=O) groups is 1. The number of halogens is 2. The second kappa shape index (κ2) is 9.46. The van der Waals surface area contributed by atoms with Gasteiger partial charge in [0.05, 0.1) is 18.1 Å². The predicted molar refractivity (Wildman–Crippen MR) is 107 cm³/mol. The van der Waals surface area contributed by atoms with Crippen LogP contribution in [0.5, 0.6) is 0 Å². The summed E-state index contributed by atoms with van der Waals surface area (Å²) in [7, 11) is 0. The minimum absolute atomic E-state index is 0.0956. The molecule has 2 aromatic carbocycles. The summed E-state index contributed by atoms with van der Waals surface area (Å²) in [6, 6.07) is 11.1. The molecule has 1 amide bonds. The Kier molecular flexibility index (Phi) is 6.98. The maximum atomic E-state index is 13.8. The van der Waals surface area contributed by atoms with Crippen LogP contribution < -0.4 is 5.32 Å². The molecule has 0 saturated carbocycles. The fourth-order valence-electron chi connectivity index (χ4n) is 3.85. The summed E-state index contributed by atoms with van der Waals surface area (Å²) in [6.45, 7) is 2.77. The molecule has 0 aliphatic carbocycles. The normalized spacial score (nSPS) is 17.0. The van der Waals surface area contributed by atoms with E-state index in [1.165, 1.54) is 6.07 Å². The Hall–Kier alpha value is -2.31. The van der Waals surface area contributed by atoms with Gasteiger partial charge in [-0.2, -0.15) is 0 Å². The van der Waals surface area contributed by atoms with E-state index in [2.05, 4.69) is 5.32 Å². The van der Waals surface area contributed by atoms with Crippen LogP contribution in [0.3, 0.4) is 0 Å². The van der Waals surface area contributed by atoms with Crippen LogP contribution >= 0.6 is 0 Å². The lowest BCUT2D eigenvalue weighted by atomic mass is 9.73. The molecular weight excluding hydrogens is 376 g/mol. The number of benzene rings is 2. The molecule has 0 aromatic heterocycles. The second-order valence-electron chi connectivity index (χ2n) is 7.62. The van der Waals surface area contributed by atoms with Gasteiger partial charge in [0, 0.05) is 13.2 Å². The molecule has 1 saturated heterocycles. The Labute approximate surface area is 169 Å². The summed E-state index contributed by atoms with van der Waals surface area (Å²) in [6.07, 6.45) is 2.22. The van der Waals surface area contributed by atoms with Crippen molar-refractivity contribution in [2.75, 3.05) is 19.8 Å². The van der Waals surface area contributed by atoms with Gasteiger partial charge in [0.15, 0.2) is 11.6 Å². The van der Waals surface area contributed by atoms with Gasteiger partial charge in [-0.1, -0.05) is 37.3 Å². The van der Waals surface area contributed by atoms with Crippen LogP contribution in [-0.4, -0.2) is 36.9 Å². The first-order valence-electron chi connectivity index (χ1n) is 10.0. The zero-order valence-corrected chi connectivity index (χ0v) is 16.6. The van der Waals surface area contributed by atoms with Crippen molar-refractivity contribution in [3.05, 3.63) is 59.7 Å². The Bertz CT molecular complexity index is 846. The molecule has 156 valence electrons. The second-order valence-corrected chi connectivity index (χ2v) is 7.62. The number of rotatable bonds is 7. The van der Waals surface area contributed by atoms with E-state index in [0.717, 1.165) is 17.2 Å². The first-order valence-corrected chi connectivity index (χ1v) is 10.0. The highest BCUT2D eigenvalue weighted by Crippen LogP contribution is 2.38. The van der Waals surface area contributed by atoms with E-state index < -0.39 is 17.0 Å². The Morgan fingerprint density at radius 2 is 1.90 bits per heavy atom. The van der Waals surface area contributed by atoms with Crippen LogP contribution in [-0.2, 0) is 16.0 Å². The van der Waals surface area contributed by atoms with Crippen molar-refractivity contribution in [2.24, 2.45) is 5.41 Å². The highest BCUT2D eigenvalue weighted by Gasteiger charge is 2.41. The SMILES string of the molecule is CCC(CO)NC(=O)C1(Cc2ccccc2-c2ccc(F)c(F)c2)CCOCC1. The van der Waals surface area contributed by atoms with Crippen molar-refractivity contribution in [1.29, 1.82) is 0 Å². The van der Waals surface area contributed by atoms with Crippen LogP contribution in [0.2, 0.25) is 0 Å². The molecule has 1 aliphatic heterocycles. The molecule has 0 bridgehead atoms. The van der Waals surface area contributed by atoms with E-state index in [4.69, 9.17) is 4.74 Å². The smallest absolute Gasteiger partial charge is 0.227 e. The summed E-state index contributed by atoms with van der Waals surface area (Å²) in [4.78, 5) is 13.2. The molecule has 29 heavy (non-hydrogen) atoms. The molecule has 2 N–H and O–H groups in total. The largest absolute Gasteiger partial charge is 0.394 e. The number of hydrogen-bond acceptors (Lipinski definition) is 3. The molecule has 1 fully saturated rings. The van der Waals surface area contributed by atoms with E-state index in [1.54, 1.807) is 6.07 Å². The van der Waals surface area contributed by atoms with Crippen molar-refractivity contribution >= 4 is 5.91 Å². The molecule has 6 heteroatoms. The fraction of sp³-hybridized carbons (Fsp3) is 0.435. The quantitative estimate of drug-likeness (QED) is 0.738. The van der Waals surface area contributed by atoms with Gasteiger partial charge in [0.25, 0.3) is 0 Å². The third kappa shape index (κ3) is 4.82. The predicted octanol–water partition coefficient (Wildman–Crippen LogP) is 3.86. The number of nitrogens with one attached hydrogen (secondary N) is 1. The van der Waals surface area contributed by atoms with Crippen LogP contribution in [0.15, 0.2) is 42.5 Å². The highest BCUT2D eigenvalue weighted by molar-refractivity contribution is 5.84. The molecule has 1 aliphatic rings. The third-order valence-electron chi connectivity index (χ3n) is 5.76. The summed E-state index contributed by atoms with van der Waals surface area (Å²) in [5.74, 6) is -1.88. The van der Waals surface area contributed by atoms with Gasteiger partial charge in [-0.3, -0.25) is 4.79 Å².